The van der Waals surface area contributed by atoms with Crippen molar-refractivity contribution in [2.75, 3.05) is 13.1 Å². The third-order valence-corrected chi connectivity index (χ3v) is 6.24. The Morgan fingerprint density at radius 2 is 1.97 bits per heavy atom. The molecule has 1 aromatic carbocycles. The van der Waals surface area contributed by atoms with Crippen LogP contribution in [0.3, 0.4) is 0 Å². The molecular weight excluding hydrogens is 384 g/mol. The number of nitrogens with zero attached hydrogens (tertiary/aromatic N) is 3. The lowest BCUT2D eigenvalue weighted by atomic mass is 9.90. The maximum atomic E-state index is 13.2. The summed E-state index contributed by atoms with van der Waals surface area (Å²) in [6, 6.07) is 8.35. The van der Waals surface area contributed by atoms with Crippen LogP contribution in [0.4, 0.5) is 0 Å². The van der Waals surface area contributed by atoms with Crippen LogP contribution in [0, 0.1) is 5.92 Å². The Hall–Kier alpha value is -1.85. The molecule has 1 fully saturated rings. The van der Waals surface area contributed by atoms with Crippen LogP contribution in [-0.2, 0) is 25.9 Å². The monoisotopic (exact) mass is 414 g/mol. The summed E-state index contributed by atoms with van der Waals surface area (Å²) < 4.78 is 2.11. The lowest BCUT2D eigenvalue weighted by Gasteiger charge is -2.25. The summed E-state index contributed by atoms with van der Waals surface area (Å²) in [5.74, 6) is 0.633. The van der Waals surface area contributed by atoms with Gasteiger partial charge in [-0.25, -0.2) is 0 Å². The van der Waals surface area contributed by atoms with Gasteiger partial charge < -0.3 is 10.2 Å². The van der Waals surface area contributed by atoms with Gasteiger partial charge in [-0.3, -0.25) is 9.48 Å². The molecule has 2 aliphatic rings. The average Bonchev–Trinajstić information content (AvgIpc) is 3.35. The molecule has 0 saturated carbocycles. The van der Waals surface area contributed by atoms with Crippen molar-refractivity contribution in [1.29, 1.82) is 0 Å². The van der Waals surface area contributed by atoms with Gasteiger partial charge in [-0.05, 0) is 55.7 Å². The second-order valence-corrected chi connectivity index (χ2v) is 9.23. The van der Waals surface area contributed by atoms with E-state index in [-0.39, 0.29) is 5.91 Å². The van der Waals surface area contributed by atoms with Crippen LogP contribution in [0.15, 0.2) is 24.3 Å². The molecule has 1 aliphatic heterocycles. The molecule has 156 valence electrons. The fourth-order valence-electron chi connectivity index (χ4n) is 4.47. The summed E-state index contributed by atoms with van der Waals surface area (Å²) in [6.45, 7) is 7.82. The minimum Gasteiger partial charge on any atom is -0.337 e. The number of carbonyl (C=O) groups excluding carboxylic acids is 1. The number of rotatable bonds is 6. The summed E-state index contributed by atoms with van der Waals surface area (Å²) in [7, 11) is 0. The predicted molar refractivity (Wildman–Crippen MR) is 116 cm³/mol. The van der Waals surface area contributed by atoms with Crippen LogP contribution in [0.25, 0.3) is 0 Å². The molecular formula is C23H31ClN4O. The molecule has 0 spiro atoms. The standard InChI is InChI=1S/C23H31ClN4O/c1-16(2)15-28-21-10-9-19(25-14-17-5-7-18(24)8-6-17)13-20(21)22(26-28)23(29)27-11-3-4-12-27/h5-8,16,19,25H,3-4,9-15H2,1-2H3. The lowest BCUT2D eigenvalue weighted by molar-refractivity contribution is 0.0784. The van der Waals surface area contributed by atoms with E-state index in [1.807, 2.05) is 17.0 Å². The third kappa shape index (κ3) is 4.67. The van der Waals surface area contributed by atoms with Gasteiger partial charge in [-0.1, -0.05) is 37.6 Å². The van der Waals surface area contributed by atoms with Gasteiger partial charge in [0.05, 0.1) is 0 Å². The highest BCUT2D eigenvalue weighted by Gasteiger charge is 2.32. The van der Waals surface area contributed by atoms with Gasteiger partial charge in [0.2, 0.25) is 0 Å². The zero-order chi connectivity index (χ0) is 20.4. The van der Waals surface area contributed by atoms with Crippen molar-refractivity contribution in [2.24, 2.45) is 5.92 Å². The van der Waals surface area contributed by atoms with Crippen LogP contribution in [-0.4, -0.2) is 39.7 Å². The second kappa shape index (κ2) is 8.88. The lowest BCUT2D eigenvalue weighted by Crippen LogP contribution is -2.35. The minimum absolute atomic E-state index is 0.125. The van der Waals surface area contributed by atoms with E-state index in [4.69, 9.17) is 16.7 Å². The second-order valence-electron chi connectivity index (χ2n) is 8.80. The fraction of sp³-hybridized carbons (Fsp3) is 0.565. The van der Waals surface area contributed by atoms with Gasteiger partial charge in [0, 0.05) is 48.5 Å². The van der Waals surface area contributed by atoms with Crippen LogP contribution in [0.1, 0.15) is 60.4 Å². The number of benzene rings is 1. The first-order valence-corrected chi connectivity index (χ1v) is 11.2. The van der Waals surface area contributed by atoms with E-state index in [1.165, 1.54) is 16.8 Å². The van der Waals surface area contributed by atoms with E-state index in [9.17, 15) is 4.79 Å². The molecule has 5 nitrogen and oxygen atoms in total. The van der Waals surface area contributed by atoms with Gasteiger partial charge in [-0.15, -0.1) is 0 Å². The van der Waals surface area contributed by atoms with E-state index in [0.717, 1.165) is 63.3 Å². The van der Waals surface area contributed by atoms with Gasteiger partial charge in [0.15, 0.2) is 5.69 Å². The average molecular weight is 415 g/mol. The molecule has 1 aromatic heterocycles. The summed E-state index contributed by atoms with van der Waals surface area (Å²) in [4.78, 5) is 15.1. The van der Waals surface area contributed by atoms with E-state index in [0.29, 0.717) is 17.7 Å². The van der Waals surface area contributed by atoms with Crippen LogP contribution in [0.2, 0.25) is 5.02 Å². The normalized spacial score (nSPS) is 19.0. The predicted octanol–water partition coefficient (Wildman–Crippen LogP) is 4.08. The van der Waals surface area contributed by atoms with E-state index in [1.54, 1.807) is 0 Å². The number of aromatic nitrogens is 2. The Kier molecular flexibility index (Phi) is 6.26. The summed E-state index contributed by atoms with van der Waals surface area (Å²) in [6.07, 6.45) is 5.12. The largest absolute Gasteiger partial charge is 0.337 e. The molecule has 6 heteroatoms. The molecule has 2 heterocycles. The van der Waals surface area contributed by atoms with E-state index in [2.05, 4.69) is 36.0 Å². The van der Waals surface area contributed by atoms with Crippen LogP contribution < -0.4 is 5.32 Å². The molecule has 1 N–H and O–H groups in total. The molecule has 4 rings (SSSR count). The van der Waals surface area contributed by atoms with Crippen molar-refractivity contribution in [3.63, 3.8) is 0 Å². The van der Waals surface area contributed by atoms with Crippen molar-refractivity contribution in [3.8, 4) is 0 Å². The molecule has 0 radical (unpaired) electrons. The number of likely N-dealkylation sites (tertiary alicyclic amines) is 1. The molecule has 2 aromatic rings. The first-order chi connectivity index (χ1) is 14.0. The molecule has 1 atom stereocenters. The minimum atomic E-state index is 0.125. The van der Waals surface area contributed by atoms with Crippen molar-refractivity contribution >= 4 is 17.5 Å². The number of hydrogen-bond donors (Lipinski definition) is 1. The topological polar surface area (TPSA) is 50.2 Å². The number of hydrogen-bond acceptors (Lipinski definition) is 3. The maximum absolute atomic E-state index is 13.2. The van der Waals surface area contributed by atoms with Crippen LogP contribution >= 0.6 is 11.6 Å². The summed E-state index contributed by atoms with van der Waals surface area (Å²) in [5.41, 5.74) is 4.36. The number of carbonyl (C=O) groups is 1. The first-order valence-electron chi connectivity index (χ1n) is 10.9. The van der Waals surface area contributed by atoms with E-state index < -0.39 is 0 Å². The molecule has 0 bridgehead atoms. The van der Waals surface area contributed by atoms with Gasteiger partial charge in [0.25, 0.3) is 5.91 Å². The Morgan fingerprint density at radius 3 is 2.66 bits per heavy atom. The Labute approximate surface area is 178 Å². The Bertz CT molecular complexity index is 853. The van der Waals surface area contributed by atoms with Crippen LogP contribution in [0.5, 0.6) is 0 Å². The Balaban J connectivity index is 1.52. The number of amides is 1. The number of nitrogens with one attached hydrogen (secondary N) is 1. The molecule has 1 unspecified atom stereocenters. The smallest absolute Gasteiger partial charge is 0.274 e. The van der Waals surface area contributed by atoms with Crippen molar-refractivity contribution < 1.29 is 4.79 Å². The van der Waals surface area contributed by atoms with Crippen molar-refractivity contribution in [3.05, 3.63) is 51.8 Å². The first kappa shape index (κ1) is 20.4. The summed E-state index contributed by atoms with van der Waals surface area (Å²) >= 11 is 5.99. The van der Waals surface area contributed by atoms with Gasteiger partial charge >= 0.3 is 0 Å². The molecule has 1 saturated heterocycles. The fourth-order valence-corrected chi connectivity index (χ4v) is 4.59. The maximum Gasteiger partial charge on any atom is 0.274 e. The zero-order valence-electron chi connectivity index (χ0n) is 17.5. The molecule has 1 aliphatic carbocycles. The highest BCUT2D eigenvalue weighted by atomic mass is 35.5. The number of halogens is 1. The Morgan fingerprint density at radius 1 is 1.24 bits per heavy atom. The van der Waals surface area contributed by atoms with Gasteiger partial charge in [0.1, 0.15) is 0 Å². The SMILES string of the molecule is CC(C)Cn1nc(C(=O)N2CCCC2)c2c1CCC(NCc1ccc(Cl)cc1)C2. The van der Waals surface area contributed by atoms with Crippen molar-refractivity contribution in [2.45, 2.75) is 65.1 Å². The molecule has 29 heavy (non-hydrogen) atoms. The number of fused-ring (bicyclic) bond motifs is 1. The highest BCUT2D eigenvalue weighted by molar-refractivity contribution is 6.30. The van der Waals surface area contributed by atoms with Crippen molar-refractivity contribution in [1.82, 2.24) is 20.0 Å². The third-order valence-electron chi connectivity index (χ3n) is 5.99. The van der Waals surface area contributed by atoms with Gasteiger partial charge in [-0.2, -0.15) is 5.10 Å². The highest BCUT2D eigenvalue weighted by Crippen LogP contribution is 2.27. The molecule has 1 amide bonds. The van der Waals surface area contributed by atoms with E-state index >= 15 is 0 Å². The quantitative estimate of drug-likeness (QED) is 0.774. The summed E-state index contributed by atoms with van der Waals surface area (Å²) in [5, 5.41) is 9.26. The zero-order valence-corrected chi connectivity index (χ0v) is 18.2.